The van der Waals surface area contributed by atoms with E-state index in [-0.39, 0.29) is 24.8 Å². The summed E-state index contributed by atoms with van der Waals surface area (Å²) in [5, 5.41) is 0. The molecule has 2 aliphatic carbocycles. The Morgan fingerprint density at radius 2 is 0.838 bits per heavy atom. The van der Waals surface area contributed by atoms with Crippen LogP contribution in [0, 0.1) is 27.7 Å². The third-order valence-electron chi connectivity index (χ3n) is 7.30. The molecule has 184 valence electrons. The van der Waals surface area contributed by atoms with Gasteiger partial charge in [0.05, 0.1) is 0 Å². The van der Waals surface area contributed by atoms with E-state index in [2.05, 4.69) is 125 Å². The zero-order chi connectivity index (χ0) is 24.1. The van der Waals surface area contributed by atoms with Gasteiger partial charge in [0.15, 0.2) is 0 Å². The molecule has 0 nitrogen and oxygen atoms in total. The standard InChI is InChI=1S/2C17H15.2ClH.Zr/c2*1-12-7-13(2)9-16(8-12)17-10-14-5-3-4-6-15(14)11-17;;;/h2*3-11H,1-2H3;2*1H;/q;;;;+2/p-2. The van der Waals surface area contributed by atoms with E-state index >= 15 is 0 Å². The quantitative estimate of drug-likeness (QED) is 0.338. The van der Waals surface area contributed by atoms with Gasteiger partial charge in [0.25, 0.3) is 0 Å². The van der Waals surface area contributed by atoms with Crippen LogP contribution in [0.25, 0.3) is 23.3 Å². The van der Waals surface area contributed by atoms with E-state index in [1.54, 1.807) is 0 Å². The fourth-order valence-corrected chi connectivity index (χ4v) is 11.1. The number of hydrogen-bond acceptors (Lipinski definition) is 0. The summed E-state index contributed by atoms with van der Waals surface area (Å²) in [6.45, 7) is 8.90. The van der Waals surface area contributed by atoms with E-state index in [0.29, 0.717) is 7.25 Å². The van der Waals surface area contributed by atoms with Gasteiger partial charge in [-0.2, -0.15) is 0 Å². The number of hydrogen-bond donors (Lipinski definition) is 0. The first kappa shape index (κ1) is 27.8. The topological polar surface area (TPSA) is 0 Å². The first-order valence-electron chi connectivity index (χ1n) is 12.5. The minimum absolute atomic E-state index is 0. The fraction of sp³-hybridized carbons (Fsp3) is 0.176. The van der Waals surface area contributed by atoms with Crippen molar-refractivity contribution in [2.75, 3.05) is 0 Å². The summed E-state index contributed by atoms with van der Waals surface area (Å²) < 4.78 is 1.09. The molecule has 2 atom stereocenters. The third kappa shape index (κ3) is 5.38. The van der Waals surface area contributed by atoms with E-state index in [4.69, 9.17) is 0 Å². The zero-order valence-electron chi connectivity index (χ0n) is 21.6. The molecular weight excluding hydrogens is 571 g/mol. The molecule has 0 aromatic heterocycles. The number of halogens is 2. The van der Waals surface area contributed by atoms with Crippen LogP contribution < -0.4 is 24.8 Å². The van der Waals surface area contributed by atoms with Crippen LogP contribution in [-0.2, 0) is 23.2 Å². The van der Waals surface area contributed by atoms with Crippen LogP contribution in [0.1, 0.15) is 62.9 Å². The van der Waals surface area contributed by atoms with Gasteiger partial charge in [0.1, 0.15) is 0 Å². The van der Waals surface area contributed by atoms with Gasteiger partial charge >= 0.3 is 222 Å². The molecule has 0 saturated carbocycles. The largest absolute Gasteiger partial charge is 1.00 e. The molecule has 0 aliphatic heterocycles. The molecule has 0 heterocycles. The van der Waals surface area contributed by atoms with Gasteiger partial charge in [-0.1, -0.05) is 0 Å². The Kier molecular flexibility index (Phi) is 8.49. The van der Waals surface area contributed by atoms with E-state index in [0.717, 1.165) is 0 Å². The van der Waals surface area contributed by atoms with Crippen LogP contribution >= 0.6 is 0 Å². The molecule has 6 rings (SSSR count). The maximum Gasteiger partial charge on any atom is -1.00 e. The van der Waals surface area contributed by atoms with Crippen LogP contribution in [-0.4, -0.2) is 0 Å². The summed E-state index contributed by atoms with van der Waals surface area (Å²) >= 11 is -1.00. The number of aryl methyl sites for hydroxylation is 4. The molecule has 0 radical (unpaired) electrons. The summed E-state index contributed by atoms with van der Waals surface area (Å²) in [5.74, 6) is 0. The van der Waals surface area contributed by atoms with Gasteiger partial charge in [-0.3, -0.25) is 0 Å². The molecule has 0 fully saturated rings. The van der Waals surface area contributed by atoms with Crippen molar-refractivity contribution in [1.29, 1.82) is 0 Å². The average Bonchev–Trinajstić information content (AvgIpc) is 3.37. The van der Waals surface area contributed by atoms with Crippen molar-refractivity contribution in [3.63, 3.8) is 0 Å². The summed E-state index contributed by atoms with van der Waals surface area (Å²) in [4.78, 5) is 0. The van der Waals surface area contributed by atoms with Crippen molar-refractivity contribution in [2.24, 2.45) is 0 Å². The van der Waals surface area contributed by atoms with Crippen LogP contribution in [0.3, 0.4) is 0 Å². The molecule has 2 unspecified atom stereocenters. The predicted molar refractivity (Wildman–Crippen MR) is 146 cm³/mol. The summed E-state index contributed by atoms with van der Waals surface area (Å²) in [5.41, 5.74) is 17.2. The molecule has 0 amide bonds. The number of rotatable bonds is 4. The zero-order valence-corrected chi connectivity index (χ0v) is 25.6. The van der Waals surface area contributed by atoms with E-state index in [1.807, 2.05) is 0 Å². The smallest absolute Gasteiger partial charge is 1.00 e. The number of allylic oxidation sites excluding steroid dienone is 2. The molecule has 0 saturated heterocycles. The Morgan fingerprint density at radius 1 is 0.486 bits per heavy atom. The van der Waals surface area contributed by atoms with Gasteiger partial charge in [-0.25, -0.2) is 0 Å². The van der Waals surface area contributed by atoms with Crippen molar-refractivity contribution < 1.29 is 48.0 Å². The fourth-order valence-electron chi connectivity index (χ4n) is 5.96. The second kappa shape index (κ2) is 11.3. The first-order valence-corrected chi connectivity index (χ1v) is 15.3. The summed E-state index contributed by atoms with van der Waals surface area (Å²) in [6, 6.07) is 32.3. The van der Waals surface area contributed by atoms with Gasteiger partial charge in [-0.05, 0) is 0 Å². The van der Waals surface area contributed by atoms with Gasteiger partial charge < -0.3 is 24.8 Å². The number of fused-ring (bicyclic) bond motifs is 2. The molecule has 0 spiro atoms. The molecule has 4 aromatic carbocycles. The Balaban J connectivity index is 0.00000160. The Morgan fingerprint density at radius 3 is 1.22 bits per heavy atom. The van der Waals surface area contributed by atoms with Gasteiger partial charge in [0.2, 0.25) is 0 Å². The Hall–Kier alpha value is -2.18. The van der Waals surface area contributed by atoms with Crippen LogP contribution in [0.5, 0.6) is 0 Å². The van der Waals surface area contributed by atoms with E-state index in [1.165, 1.54) is 66.8 Å². The average molecular weight is 601 g/mol. The third-order valence-corrected chi connectivity index (χ3v) is 12.0. The Labute approximate surface area is 245 Å². The first-order chi connectivity index (χ1) is 17.0. The van der Waals surface area contributed by atoms with E-state index < -0.39 is 23.2 Å². The monoisotopic (exact) mass is 598 g/mol. The second-order valence-electron chi connectivity index (χ2n) is 10.2. The molecule has 3 heteroatoms. The second-order valence-corrected chi connectivity index (χ2v) is 13.9. The predicted octanol–water partition coefficient (Wildman–Crippen LogP) is 2.90. The van der Waals surface area contributed by atoms with Gasteiger partial charge in [-0.15, -0.1) is 0 Å². The maximum atomic E-state index is 2.48. The molecular formula is C34H30Cl2Zr. The van der Waals surface area contributed by atoms with Crippen LogP contribution in [0.4, 0.5) is 0 Å². The van der Waals surface area contributed by atoms with Crippen LogP contribution in [0.2, 0.25) is 0 Å². The van der Waals surface area contributed by atoms with Crippen molar-refractivity contribution in [3.05, 3.63) is 141 Å². The molecule has 0 bridgehead atoms. The summed E-state index contributed by atoms with van der Waals surface area (Å²) in [7, 11) is 0. The van der Waals surface area contributed by atoms with Crippen molar-refractivity contribution in [1.82, 2.24) is 0 Å². The molecule has 4 aromatic rings. The molecule has 0 N–H and O–H groups in total. The normalized spacial score (nSPS) is 17.0. The minimum atomic E-state index is -1.00. The molecule has 37 heavy (non-hydrogen) atoms. The van der Waals surface area contributed by atoms with Gasteiger partial charge in [0, 0.05) is 0 Å². The number of benzene rings is 4. The minimum Gasteiger partial charge on any atom is -1.00 e. The maximum absolute atomic E-state index is 2.48. The van der Waals surface area contributed by atoms with Crippen molar-refractivity contribution >= 4 is 23.3 Å². The SMILES string of the molecule is Cc1cc(C)cc(C2=Cc3ccccc3[CH]2[Zr+2][CH]2C(c3cc(C)cc(C)c3)=Cc3ccccc32)c1.[Cl-].[Cl-]. The Bertz CT molecular complexity index is 1370. The van der Waals surface area contributed by atoms with Crippen LogP contribution in [0.15, 0.2) is 84.9 Å². The van der Waals surface area contributed by atoms with Crippen molar-refractivity contribution in [2.45, 2.75) is 34.9 Å². The summed E-state index contributed by atoms with van der Waals surface area (Å²) in [6.07, 6.45) is 4.96. The van der Waals surface area contributed by atoms with E-state index in [9.17, 15) is 0 Å². The molecule has 2 aliphatic rings. The van der Waals surface area contributed by atoms with Crippen molar-refractivity contribution in [3.8, 4) is 0 Å².